The number of nitrogens with zero attached hydrogens (tertiary/aromatic N) is 5. The van der Waals surface area contributed by atoms with Gasteiger partial charge in [0.15, 0.2) is 5.82 Å². The van der Waals surface area contributed by atoms with Gasteiger partial charge < -0.3 is 5.32 Å². The van der Waals surface area contributed by atoms with Crippen molar-refractivity contribution in [3.63, 3.8) is 0 Å². The van der Waals surface area contributed by atoms with Crippen LogP contribution in [0.4, 0.5) is 14.7 Å². The van der Waals surface area contributed by atoms with E-state index in [1.54, 1.807) is 10.9 Å². The van der Waals surface area contributed by atoms with Crippen LogP contribution in [0.15, 0.2) is 18.3 Å². The minimum atomic E-state index is -2.58. The lowest BCUT2D eigenvalue weighted by molar-refractivity contribution is -0.0361. The van der Waals surface area contributed by atoms with Crippen LogP contribution in [-0.4, -0.2) is 31.7 Å². The van der Waals surface area contributed by atoms with E-state index >= 15 is 0 Å². The molecule has 3 rings (SSSR count). The number of rotatable bonds is 3. The molecular formula is C15H16F2N6. The highest BCUT2D eigenvalue weighted by Crippen LogP contribution is 2.33. The van der Waals surface area contributed by atoms with Gasteiger partial charge in [0.2, 0.25) is 11.9 Å². The van der Waals surface area contributed by atoms with Gasteiger partial charge in [-0.25, -0.2) is 18.4 Å². The van der Waals surface area contributed by atoms with Crippen molar-refractivity contribution in [1.29, 1.82) is 5.26 Å². The Morgan fingerprint density at radius 2 is 2.09 bits per heavy atom. The maximum Gasteiger partial charge on any atom is 0.248 e. The highest BCUT2D eigenvalue weighted by Gasteiger charge is 2.35. The molecule has 0 saturated heterocycles. The fourth-order valence-corrected chi connectivity index (χ4v) is 2.58. The van der Waals surface area contributed by atoms with Crippen LogP contribution in [0.25, 0.3) is 5.82 Å². The number of aryl methyl sites for hydroxylation is 1. The van der Waals surface area contributed by atoms with E-state index in [1.165, 1.54) is 6.07 Å². The average Bonchev–Trinajstić information content (AvgIpc) is 2.96. The molecule has 1 saturated carbocycles. The van der Waals surface area contributed by atoms with Gasteiger partial charge in [-0.2, -0.15) is 15.3 Å². The zero-order valence-corrected chi connectivity index (χ0v) is 12.6. The Hall–Kier alpha value is -2.56. The quantitative estimate of drug-likeness (QED) is 0.941. The van der Waals surface area contributed by atoms with Crippen molar-refractivity contribution >= 4 is 5.95 Å². The summed E-state index contributed by atoms with van der Waals surface area (Å²) in [5.41, 5.74) is 1.03. The summed E-state index contributed by atoms with van der Waals surface area (Å²) in [7, 11) is 0. The first-order valence-corrected chi connectivity index (χ1v) is 7.41. The molecule has 2 heterocycles. The summed E-state index contributed by atoms with van der Waals surface area (Å²) < 4.78 is 28.0. The standard InChI is InChI=1S/C15H16F2N6/c1-10-4-7-23(22-10)13-8-12(9-18)20-14(21-13)19-11-2-5-15(16,17)6-3-11/h4,7-8,11H,2-3,5-6H2,1H3,(H,19,20,21). The Kier molecular flexibility index (Phi) is 3.94. The molecule has 0 atom stereocenters. The summed E-state index contributed by atoms with van der Waals surface area (Å²) in [6.07, 6.45) is 2.15. The van der Waals surface area contributed by atoms with E-state index in [-0.39, 0.29) is 30.5 Å². The van der Waals surface area contributed by atoms with Gasteiger partial charge in [0.25, 0.3) is 0 Å². The van der Waals surface area contributed by atoms with Gasteiger partial charge in [-0.1, -0.05) is 0 Å². The van der Waals surface area contributed by atoms with Gasteiger partial charge >= 0.3 is 0 Å². The lowest BCUT2D eigenvalue weighted by Gasteiger charge is -2.28. The number of anilines is 1. The van der Waals surface area contributed by atoms with Gasteiger partial charge in [0, 0.05) is 31.1 Å². The first kappa shape index (κ1) is 15.3. The monoisotopic (exact) mass is 318 g/mol. The summed E-state index contributed by atoms with van der Waals surface area (Å²) in [4.78, 5) is 8.44. The summed E-state index contributed by atoms with van der Waals surface area (Å²) in [5.74, 6) is -1.85. The molecule has 120 valence electrons. The van der Waals surface area contributed by atoms with Crippen LogP contribution >= 0.6 is 0 Å². The molecule has 0 aromatic carbocycles. The smallest absolute Gasteiger partial charge is 0.248 e. The van der Waals surface area contributed by atoms with E-state index in [2.05, 4.69) is 20.4 Å². The molecule has 1 fully saturated rings. The van der Waals surface area contributed by atoms with Crippen molar-refractivity contribution in [1.82, 2.24) is 19.7 Å². The molecule has 0 aliphatic heterocycles. The van der Waals surface area contributed by atoms with Crippen molar-refractivity contribution < 1.29 is 8.78 Å². The van der Waals surface area contributed by atoms with E-state index in [0.717, 1.165) is 5.69 Å². The van der Waals surface area contributed by atoms with Crippen molar-refractivity contribution in [2.24, 2.45) is 0 Å². The third kappa shape index (κ3) is 3.62. The Balaban J connectivity index is 1.81. The van der Waals surface area contributed by atoms with E-state index in [0.29, 0.717) is 18.7 Å². The first-order valence-electron chi connectivity index (χ1n) is 7.41. The highest BCUT2D eigenvalue weighted by molar-refractivity contribution is 5.39. The number of alkyl halides is 2. The minimum absolute atomic E-state index is 0.115. The predicted molar refractivity (Wildman–Crippen MR) is 79.4 cm³/mol. The molecule has 6 nitrogen and oxygen atoms in total. The van der Waals surface area contributed by atoms with Crippen molar-refractivity contribution in [2.45, 2.75) is 44.6 Å². The number of nitrogens with one attached hydrogen (secondary N) is 1. The zero-order chi connectivity index (χ0) is 16.4. The van der Waals surface area contributed by atoms with E-state index in [9.17, 15) is 8.78 Å². The number of halogens is 2. The molecule has 1 aliphatic carbocycles. The van der Waals surface area contributed by atoms with E-state index in [1.807, 2.05) is 19.1 Å². The van der Waals surface area contributed by atoms with E-state index in [4.69, 9.17) is 5.26 Å². The molecule has 0 bridgehead atoms. The largest absolute Gasteiger partial charge is 0.351 e. The number of aromatic nitrogens is 4. The summed E-state index contributed by atoms with van der Waals surface area (Å²) >= 11 is 0. The number of nitriles is 1. The Morgan fingerprint density at radius 3 is 2.70 bits per heavy atom. The van der Waals surface area contributed by atoms with Gasteiger partial charge in [0.1, 0.15) is 11.8 Å². The normalized spacial score (nSPS) is 17.7. The SMILES string of the molecule is Cc1ccn(-c2cc(C#N)nc(NC3CCC(F)(F)CC3)n2)n1. The third-order valence-corrected chi connectivity index (χ3v) is 3.83. The van der Waals surface area contributed by atoms with Crippen LogP contribution in [0.5, 0.6) is 0 Å². The fraction of sp³-hybridized carbons (Fsp3) is 0.467. The lowest BCUT2D eigenvalue weighted by atomic mass is 9.92. The third-order valence-electron chi connectivity index (χ3n) is 3.83. The molecule has 2 aromatic rings. The van der Waals surface area contributed by atoms with Crippen LogP contribution in [-0.2, 0) is 0 Å². The van der Waals surface area contributed by atoms with E-state index < -0.39 is 5.92 Å². The Bertz CT molecular complexity index is 739. The van der Waals surface area contributed by atoms with Crippen LogP contribution < -0.4 is 5.32 Å². The summed E-state index contributed by atoms with van der Waals surface area (Å²) in [5, 5.41) is 16.4. The molecule has 0 spiro atoms. The summed E-state index contributed by atoms with van der Waals surface area (Å²) in [6.45, 7) is 1.85. The van der Waals surface area contributed by atoms with Crippen molar-refractivity contribution in [2.75, 3.05) is 5.32 Å². The molecule has 2 aromatic heterocycles. The number of hydrogen-bond acceptors (Lipinski definition) is 5. The molecule has 1 aliphatic rings. The number of hydrogen-bond donors (Lipinski definition) is 1. The lowest BCUT2D eigenvalue weighted by Crippen LogP contribution is -2.32. The van der Waals surface area contributed by atoms with Gasteiger partial charge in [0.05, 0.1) is 5.69 Å². The highest BCUT2D eigenvalue weighted by atomic mass is 19.3. The summed E-state index contributed by atoms with van der Waals surface area (Å²) in [6, 6.07) is 5.23. The first-order chi connectivity index (χ1) is 10.9. The van der Waals surface area contributed by atoms with Crippen LogP contribution in [0.2, 0.25) is 0 Å². The molecule has 1 N–H and O–H groups in total. The Labute approximate surface area is 132 Å². The maximum absolute atomic E-state index is 13.2. The van der Waals surface area contributed by atoms with Gasteiger partial charge in [-0.15, -0.1) is 0 Å². The minimum Gasteiger partial charge on any atom is -0.351 e. The second kappa shape index (κ2) is 5.91. The van der Waals surface area contributed by atoms with Crippen LogP contribution in [0, 0.1) is 18.3 Å². The van der Waals surface area contributed by atoms with Gasteiger partial charge in [-0.05, 0) is 25.8 Å². The molecule has 0 radical (unpaired) electrons. The maximum atomic E-state index is 13.2. The molecule has 8 heteroatoms. The van der Waals surface area contributed by atoms with Crippen LogP contribution in [0.3, 0.4) is 0 Å². The molecule has 23 heavy (non-hydrogen) atoms. The van der Waals surface area contributed by atoms with Crippen molar-refractivity contribution in [3.05, 3.63) is 29.7 Å². The van der Waals surface area contributed by atoms with Crippen LogP contribution in [0.1, 0.15) is 37.1 Å². The topological polar surface area (TPSA) is 79.4 Å². The predicted octanol–water partition coefficient (Wildman–Crippen LogP) is 2.83. The second-order valence-corrected chi connectivity index (χ2v) is 5.72. The van der Waals surface area contributed by atoms with Gasteiger partial charge in [-0.3, -0.25) is 0 Å². The Morgan fingerprint density at radius 1 is 1.35 bits per heavy atom. The zero-order valence-electron chi connectivity index (χ0n) is 12.6. The molecular weight excluding hydrogens is 302 g/mol. The molecule has 0 amide bonds. The fourth-order valence-electron chi connectivity index (χ4n) is 2.58. The molecule has 0 unspecified atom stereocenters. The average molecular weight is 318 g/mol. The second-order valence-electron chi connectivity index (χ2n) is 5.72. The van der Waals surface area contributed by atoms with Crippen molar-refractivity contribution in [3.8, 4) is 11.9 Å².